The number of tetrazole rings is 1. The van der Waals surface area contributed by atoms with Gasteiger partial charge in [0, 0.05) is 10.9 Å². The van der Waals surface area contributed by atoms with Gasteiger partial charge in [-0.25, -0.2) is 8.42 Å². The number of amides is 1. The van der Waals surface area contributed by atoms with Gasteiger partial charge in [0.15, 0.2) is 9.84 Å². The number of benzene rings is 1. The Morgan fingerprint density at radius 3 is 2.84 bits per heavy atom. The van der Waals surface area contributed by atoms with Gasteiger partial charge >= 0.3 is 0 Å². The highest BCUT2D eigenvalue weighted by atomic mass is 32.2. The summed E-state index contributed by atoms with van der Waals surface area (Å²) in [6, 6.07) is 9.60. The van der Waals surface area contributed by atoms with E-state index in [9.17, 15) is 13.2 Å². The largest absolute Gasteiger partial charge is 0.333 e. The van der Waals surface area contributed by atoms with E-state index in [1.165, 1.54) is 11.8 Å². The van der Waals surface area contributed by atoms with Gasteiger partial charge in [0.05, 0.1) is 29.5 Å². The van der Waals surface area contributed by atoms with Gasteiger partial charge in [-0.05, 0) is 53.8 Å². The first kappa shape index (κ1) is 22.0. The van der Waals surface area contributed by atoms with Gasteiger partial charge in [-0.3, -0.25) is 4.79 Å². The predicted octanol–water partition coefficient (Wildman–Crippen LogP) is 2.65. The van der Waals surface area contributed by atoms with Crippen molar-refractivity contribution in [1.82, 2.24) is 25.1 Å². The van der Waals surface area contributed by atoms with Gasteiger partial charge in [-0.2, -0.15) is 4.68 Å². The molecule has 1 fully saturated rings. The van der Waals surface area contributed by atoms with E-state index in [0.717, 1.165) is 21.7 Å². The van der Waals surface area contributed by atoms with Gasteiger partial charge in [-0.1, -0.05) is 35.5 Å². The van der Waals surface area contributed by atoms with Crippen molar-refractivity contribution in [1.29, 1.82) is 0 Å². The number of hydrogen-bond acceptors (Lipinski definition) is 8. The summed E-state index contributed by atoms with van der Waals surface area (Å²) >= 11 is 2.82. The SMILES string of the molecule is Cc1ccc(-n2nnnc2SCC(=O)N(Cc2cccs2)[C@@H]2CCS(=O)(=O)C2)c(C)c1. The molecule has 8 nitrogen and oxygen atoms in total. The van der Waals surface area contributed by atoms with Gasteiger partial charge in [0.2, 0.25) is 11.1 Å². The van der Waals surface area contributed by atoms with Crippen LogP contribution in [0.25, 0.3) is 5.69 Å². The van der Waals surface area contributed by atoms with Crippen LogP contribution in [0.1, 0.15) is 22.4 Å². The second-order valence-corrected chi connectivity index (χ2v) is 11.8. The molecule has 0 spiro atoms. The molecule has 1 atom stereocenters. The third-order valence-electron chi connectivity index (χ3n) is 5.22. The molecular formula is C20H23N5O3S3. The first-order valence-corrected chi connectivity index (χ1v) is 13.5. The molecule has 0 radical (unpaired) electrons. The number of rotatable bonds is 7. The zero-order valence-electron chi connectivity index (χ0n) is 17.3. The lowest BCUT2D eigenvalue weighted by atomic mass is 10.1. The van der Waals surface area contributed by atoms with Gasteiger partial charge in [0.1, 0.15) is 0 Å². The molecule has 1 aliphatic heterocycles. The van der Waals surface area contributed by atoms with Crippen LogP contribution >= 0.6 is 23.1 Å². The molecule has 0 N–H and O–H groups in total. The zero-order chi connectivity index (χ0) is 22.0. The molecule has 0 aliphatic carbocycles. The Balaban J connectivity index is 1.50. The van der Waals surface area contributed by atoms with Crippen molar-refractivity contribution in [2.45, 2.75) is 38.0 Å². The van der Waals surface area contributed by atoms with Crippen molar-refractivity contribution in [2.24, 2.45) is 0 Å². The van der Waals surface area contributed by atoms with Crippen molar-refractivity contribution >= 4 is 38.8 Å². The summed E-state index contributed by atoms with van der Waals surface area (Å²) in [7, 11) is -3.10. The molecular weight excluding hydrogens is 454 g/mol. The number of aryl methyl sites for hydroxylation is 2. The normalized spacial score (nSPS) is 17.7. The van der Waals surface area contributed by atoms with Crippen molar-refractivity contribution < 1.29 is 13.2 Å². The number of hydrogen-bond donors (Lipinski definition) is 0. The summed E-state index contributed by atoms with van der Waals surface area (Å²) in [5, 5.41) is 14.4. The molecule has 4 rings (SSSR count). The molecule has 2 aromatic heterocycles. The summed E-state index contributed by atoms with van der Waals surface area (Å²) < 4.78 is 25.6. The summed E-state index contributed by atoms with van der Waals surface area (Å²) in [6.07, 6.45) is 0.477. The van der Waals surface area contributed by atoms with E-state index in [0.29, 0.717) is 18.1 Å². The van der Waals surface area contributed by atoms with E-state index in [4.69, 9.17) is 0 Å². The highest BCUT2D eigenvalue weighted by Crippen LogP contribution is 2.25. The third-order valence-corrected chi connectivity index (χ3v) is 8.74. The van der Waals surface area contributed by atoms with Gasteiger partial charge < -0.3 is 4.90 Å². The topological polar surface area (TPSA) is 98.1 Å². The number of aromatic nitrogens is 4. The number of carbonyl (C=O) groups is 1. The lowest BCUT2D eigenvalue weighted by molar-refractivity contribution is -0.130. The van der Waals surface area contributed by atoms with Crippen molar-refractivity contribution in [2.75, 3.05) is 17.3 Å². The van der Waals surface area contributed by atoms with Crippen LogP contribution in [0.5, 0.6) is 0 Å². The smallest absolute Gasteiger partial charge is 0.233 e. The number of thiophene rings is 1. The molecule has 1 amide bonds. The molecule has 0 unspecified atom stereocenters. The van der Waals surface area contributed by atoms with Crippen LogP contribution in [0.4, 0.5) is 0 Å². The molecule has 1 aromatic carbocycles. The van der Waals surface area contributed by atoms with Crippen LogP contribution in [-0.4, -0.2) is 62.7 Å². The first-order valence-electron chi connectivity index (χ1n) is 9.83. The monoisotopic (exact) mass is 477 g/mol. The highest BCUT2D eigenvalue weighted by molar-refractivity contribution is 7.99. The number of sulfone groups is 1. The molecule has 1 saturated heterocycles. The number of thioether (sulfide) groups is 1. The minimum atomic E-state index is -3.10. The van der Waals surface area contributed by atoms with Crippen LogP contribution in [0.3, 0.4) is 0 Å². The number of nitrogens with zero attached hydrogens (tertiary/aromatic N) is 5. The fourth-order valence-electron chi connectivity index (χ4n) is 3.68. The average Bonchev–Trinajstić information content (AvgIpc) is 3.45. The maximum atomic E-state index is 13.2. The average molecular weight is 478 g/mol. The Kier molecular flexibility index (Phi) is 6.44. The van der Waals surface area contributed by atoms with Gasteiger partial charge in [-0.15, -0.1) is 16.4 Å². The molecule has 3 aromatic rings. The summed E-state index contributed by atoms with van der Waals surface area (Å²) in [5.41, 5.74) is 3.05. The summed E-state index contributed by atoms with van der Waals surface area (Å²) in [6.45, 7) is 4.43. The maximum absolute atomic E-state index is 13.2. The van der Waals surface area contributed by atoms with E-state index in [1.54, 1.807) is 20.9 Å². The van der Waals surface area contributed by atoms with Crippen molar-refractivity contribution in [3.63, 3.8) is 0 Å². The standard InChI is InChI=1S/C20H23N5O3S3/c1-14-5-6-18(15(2)10-14)25-20(21-22-23-25)30-12-19(26)24(11-17-4-3-8-29-17)16-7-9-31(27,28)13-16/h3-6,8,10,16H,7,9,11-13H2,1-2H3/t16-/m1/s1. The maximum Gasteiger partial charge on any atom is 0.233 e. The Hall–Kier alpha value is -2.24. The van der Waals surface area contributed by atoms with Crippen LogP contribution in [0, 0.1) is 13.8 Å². The zero-order valence-corrected chi connectivity index (χ0v) is 19.7. The van der Waals surface area contributed by atoms with Crippen LogP contribution in [0.15, 0.2) is 40.9 Å². The highest BCUT2D eigenvalue weighted by Gasteiger charge is 2.35. The molecule has 31 heavy (non-hydrogen) atoms. The summed E-state index contributed by atoms with van der Waals surface area (Å²) in [5.74, 6) is 0.169. The lowest BCUT2D eigenvalue weighted by Gasteiger charge is -2.27. The van der Waals surface area contributed by atoms with E-state index < -0.39 is 9.84 Å². The molecule has 164 valence electrons. The molecule has 1 aliphatic rings. The second-order valence-electron chi connectivity index (χ2n) is 7.61. The lowest BCUT2D eigenvalue weighted by Crippen LogP contribution is -2.41. The minimum Gasteiger partial charge on any atom is -0.333 e. The van der Waals surface area contributed by atoms with E-state index in [2.05, 4.69) is 21.6 Å². The fourth-order valence-corrected chi connectivity index (χ4v) is 6.89. The Morgan fingerprint density at radius 1 is 1.32 bits per heavy atom. The fraction of sp³-hybridized carbons (Fsp3) is 0.400. The summed E-state index contributed by atoms with van der Waals surface area (Å²) in [4.78, 5) is 15.9. The Bertz CT molecular complexity index is 1170. The third kappa shape index (κ3) is 5.16. The first-order chi connectivity index (χ1) is 14.8. The van der Waals surface area contributed by atoms with E-state index in [-0.39, 0.29) is 29.2 Å². The van der Waals surface area contributed by atoms with Crippen LogP contribution < -0.4 is 0 Å². The Labute approximate surface area is 189 Å². The van der Waals surface area contributed by atoms with Crippen molar-refractivity contribution in [3.05, 3.63) is 51.7 Å². The van der Waals surface area contributed by atoms with E-state index >= 15 is 0 Å². The minimum absolute atomic E-state index is 0.0229. The molecule has 3 heterocycles. The quantitative estimate of drug-likeness (QED) is 0.483. The Morgan fingerprint density at radius 2 is 2.16 bits per heavy atom. The molecule has 0 saturated carbocycles. The second kappa shape index (κ2) is 9.09. The molecule has 11 heteroatoms. The number of carbonyl (C=O) groups excluding carboxylic acids is 1. The van der Waals surface area contributed by atoms with Crippen LogP contribution in [-0.2, 0) is 21.2 Å². The molecule has 0 bridgehead atoms. The van der Waals surface area contributed by atoms with Gasteiger partial charge in [0.25, 0.3) is 0 Å². The van der Waals surface area contributed by atoms with E-state index in [1.807, 2.05) is 43.5 Å². The van der Waals surface area contributed by atoms with Crippen LogP contribution in [0.2, 0.25) is 0 Å². The predicted molar refractivity (Wildman–Crippen MR) is 121 cm³/mol. The van der Waals surface area contributed by atoms with Crippen molar-refractivity contribution in [3.8, 4) is 5.69 Å².